The van der Waals surface area contributed by atoms with Crippen LogP contribution in [0, 0.1) is 13.8 Å². The zero-order valence-corrected chi connectivity index (χ0v) is 14.6. The number of fused-ring (bicyclic) bond motifs is 1. The van der Waals surface area contributed by atoms with E-state index in [1.165, 1.54) is 11.8 Å². The van der Waals surface area contributed by atoms with Crippen LogP contribution in [0.3, 0.4) is 0 Å². The van der Waals surface area contributed by atoms with Crippen molar-refractivity contribution in [2.45, 2.75) is 25.8 Å². The Morgan fingerprint density at radius 2 is 2.00 bits per heavy atom. The minimum Gasteiger partial charge on any atom is -0.299 e. The third kappa shape index (κ3) is 2.96. The predicted octanol–water partition coefficient (Wildman–Crippen LogP) is 3.77. The molecule has 0 unspecified atom stereocenters. The van der Waals surface area contributed by atoms with Gasteiger partial charge in [0, 0.05) is 5.39 Å². The summed E-state index contributed by atoms with van der Waals surface area (Å²) < 4.78 is 1.81. The molecule has 0 spiro atoms. The molecule has 0 aliphatic carbocycles. The highest BCUT2D eigenvalue weighted by Crippen LogP contribution is 2.31. The van der Waals surface area contributed by atoms with E-state index in [1.54, 1.807) is 11.6 Å². The van der Waals surface area contributed by atoms with Crippen LogP contribution in [-0.4, -0.2) is 31.5 Å². The second-order valence-electron chi connectivity index (χ2n) is 5.25. The molecular weight excluding hydrogens is 332 g/mol. The topological polar surface area (TPSA) is 60.7 Å². The molecule has 0 fully saturated rings. The van der Waals surface area contributed by atoms with Gasteiger partial charge in [0.2, 0.25) is 0 Å². The van der Waals surface area contributed by atoms with E-state index < -0.39 is 0 Å². The summed E-state index contributed by atoms with van der Waals surface area (Å²) in [5.74, 6) is 0.443. The second-order valence-corrected chi connectivity index (χ2v) is 6.62. The second kappa shape index (κ2) is 6.29. The van der Waals surface area contributed by atoms with Gasteiger partial charge in [0.15, 0.2) is 0 Å². The fourth-order valence-corrected chi connectivity index (χ4v) is 3.36. The first-order valence-corrected chi connectivity index (χ1v) is 8.45. The van der Waals surface area contributed by atoms with Gasteiger partial charge in [-0.1, -0.05) is 35.5 Å². The molecule has 0 aliphatic rings. The molecule has 0 atom stereocenters. The van der Waals surface area contributed by atoms with E-state index in [9.17, 15) is 4.79 Å². The largest absolute Gasteiger partial charge is 0.299 e. The van der Waals surface area contributed by atoms with E-state index in [1.807, 2.05) is 38.1 Å². The van der Waals surface area contributed by atoms with Crippen molar-refractivity contribution in [2.24, 2.45) is 0 Å². The lowest BCUT2D eigenvalue weighted by Gasteiger charge is -2.05. The van der Waals surface area contributed by atoms with Crippen LogP contribution in [0.5, 0.6) is 0 Å². The van der Waals surface area contributed by atoms with Crippen molar-refractivity contribution in [3.63, 3.8) is 0 Å². The molecule has 0 saturated heterocycles. The Kier molecular flexibility index (Phi) is 4.37. The molecule has 3 aromatic rings. The fourth-order valence-electron chi connectivity index (χ4n) is 2.43. The Hall–Kier alpha value is -1.92. The first-order valence-electron chi connectivity index (χ1n) is 7.08. The van der Waals surface area contributed by atoms with Gasteiger partial charge in [-0.25, -0.2) is 4.68 Å². The first-order chi connectivity index (χ1) is 11.0. The molecule has 0 amide bonds. The van der Waals surface area contributed by atoms with Crippen LogP contribution < -0.4 is 0 Å². The molecule has 2 heterocycles. The zero-order valence-electron chi connectivity index (χ0n) is 13.0. The van der Waals surface area contributed by atoms with Crippen LogP contribution in [0.2, 0.25) is 5.02 Å². The summed E-state index contributed by atoms with van der Waals surface area (Å²) in [5, 5.41) is 15.3. The number of aromatic nitrogens is 4. The number of thioether (sulfide) groups is 1. The molecule has 23 heavy (non-hydrogen) atoms. The van der Waals surface area contributed by atoms with Crippen LogP contribution in [0.25, 0.3) is 16.6 Å². The van der Waals surface area contributed by atoms with Gasteiger partial charge in [-0.15, -0.1) is 5.10 Å². The number of halogens is 1. The van der Waals surface area contributed by atoms with Gasteiger partial charge in [0.1, 0.15) is 16.3 Å². The predicted molar refractivity (Wildman–Crippen MR) is 92.5 cm³/mol. The number of nitrogens with zero attached hydrogens (tertiary/aromatic N) is 4. The summed E-state index contributed by atoms with van der Waals surface area (Å²) in [5.41, 5.74) is 3.32. The van der Waals surface area contributed by atoms with Crippen molar-refractivity contribution >= 4 is 40.0 Å². The number of benzene rings is 1. The summed E-state index contributed by atoms with van der Waals surface area (Å²) in [6, 6.07) is 7.55. The molecule has 0 saturated carbocycles. The van der Waals surface area contributed by atoms with E-state index in [4.69, 9.17) is 11.6 Å². The minimum atomic E-state index is 0.0905. The number of Topliss-reactive ketones (excluding diaryl/α,β-unsaturated/α-hetero) is 1. The summed E-state index contributed by atoms with van der Waals surface area (Å²) in [7, 11) is 0. The Balaban J connectivity index is 2.21. The van der Waals surface area contributed by atoms with E-state index in [0.29, 0.717) is 15.8 Å². The van der Waals surface area contributed by atoms with Crippen molar-refractivity contribution in [3.8, 4) is 5.69 Å². The number of carbonyl (C=O) groups is 1. The lowest BCUT2D eigenvalue weighted by molar-refractivity contribution is -0.114. The Labute approximate surface area is 143 Å². The molecule has 118 valence electrons. The minimum absolute atomic E-state index is 0.0905. The maximum Gasteiger partial charge on any atom is 0.147 e. The first kappa shape index (κ1) is 16.0. The number of ketones is 1. The monoisotopic (exact) mass is 346 g/mol. The van der Waals surface area contributed by atoms with Gasteiger partial charge in [-0.3, -0.25) is 4.79 Å². The van der Waals surface area contributed by atoms with Crippen molar-refractivity contribution in [2.75, 3.05) is 5.75 Å². The summed E-state index contributed by atoms with van der Waals surface area (Å²) in [6.07, 6.45) is 0. The molecular formula is C16H15ClN4OS. The maximum absolute atomic E-state index is 11.2. The highest BCUT2D eigenvalue weighted by Gasteiger charge is 2.18. The average Bonchev–Trinajstić information content (AvgIpc) is 2.85. The van der Waals surface area contributed by atoms with Crippen molar-refractivity contribution < 1.29 is 4.79 Å². The van der Waals surface area contributed by atoms with Gasteiger partial charge in [-0.2, -0.15) is 10.2 Å². The van der Waals surface area contributed by atoms with Crippen LogP contribution in [0.1, 0.15) is 18.3 Å². The third-order valence-electron chi connectivity index (χ3n) is 3.46. The number of rotatable bonds is 4. The summed E-state index contributed by atoms with van der Waals surface area (Å²) in [6.45, 7) is 5.44. The number of hydrogen-bond donors (Lipinski definition) is 0. The van der Waals surface area contributed by atoms with Crippen LogP contribution in [-0.2, 0) is 4.79 Å². The van der Waals surface area contributed by atoms with Gasteiger partial charge in [0.25, 0.3) is 0 Å². The smallest absolute Gasteiger partial charge is 0.147 e. The number of carbonyl (C=O) groups excluding carboxylic acids is 1. The Bertz CT molecular complexity index is 906. The van der Waals surface area contributed by atoms with E-state index in [0.717, 1.165) is 28.0 Å². The van der Waals surface area contributed by atoms with Crippen molar-refractivity contribution in [1.82, 2.24) is 20.0 Å². The van der Waals surface area contributed by atoms with Crippen LogP contribution in [0.15, 0.2) is 29.3 Å². The maximum atomic E-state index is 11.2. The molecule has 1 aromatic carbocycles. The zero-order chi connectivity index (χ0) is 16.6. The van der Waals surface area contributed by atoms with E-state index in [2.05, 4.69) is 15.3 Å². The molecule has 0 aliphatic heterocycles. The SMILES string of the molecule is CC(=O)CSc1nnc(C)c2c(C)n(-c3ccccc3Cl)nc12. The quantitative estimate of drug-likeness (QED) is 0.673. The summed E-state index contributed by atoms with van der Waals surface area (Å²) in [4.78, 5) is 11.2. The van der Waals surface area contributed by atoms with Gasteiger partial charge in [0.05, 0.1) is 27.9 Å². The van der Waals surface area contributed by atoms with Gasteiger partial charge in [-0.05, 0) is 32.9 Å². The number of para-hydroxylation sites is 1. The van der Waals surface area contributed by atoms with Gasteiger partial charge >= 0.3 is 0 Å². The molecule has 0 bridgehead atoms. The lowest BCUT2D eigenvalue weighted by Crippen LogP contribution is -1.99. The highest BCUT2D eigenvalue weighted by atomic mass is 35.5. The van der Waals surface area contributed by atoms with Gasteiger partial charge < -0.3 is 0 Å². The van der Waals surface area contributed by atoms with E-state index >= 15 is 0 Å². The number of aryl methyl sites for hydroxylation is 2. The molecule has 0 N–H and O–H groups in total. The Morgan fingerprint density at radius 1 is 1.26 bits per heavy atom. The highest BCUT2D eigenvalue weighted by molar-refractivity contribution is 8.00. The standard InChI is InChI=1S/C16H15ClN4OS/c1-9(22)8-23-16-15-14(10(2)18-19-16)11(3)21(20-15)13-7-5-4-6-12(13)17/h4-7H,8H2,1-3H3. The average molecular weight is 347 g/mol. The van der Waals surface area contributed by atoms with Crippen LogP contribution in [0.4, 0.5) is 0 Å². The van der Waals surface area contributed by atoms with Crippen molar-refractivity contribution in [3.05, 3.63) is 40.7 Å². The summed E-state index contributed by atoms with van der Waals surface area (Å²) >= 11 is 7.65. The Morgan fingerprint density at radius 3 is 2.70 bits per heavy atom. The molecule has 7 heteroatoms. The molecule has 3 rings (SSSR count). The van der Waals surface area contributed by atoms with Crippen LogP contribution >= 0.6 is 23.4 Å². The number of hydrogen-bond acceptors (Lipinski definition) is 5. The van der Waals surface area contributed by atoms with E-state index in [-0.39, 0.29) is 5.78 Å². The lowest BCUT2D eigenvalue weighted by atomic mass is 10.2. The fraction of sp³-hybridized carbons (Fsp3) is 0.250. The molecule has 2 aromatic heterocycles. The normalized spacial score (nSPS) is 11.1. The van der Waals surface area contributed by atoms with Crippen molar-refractivity contribution in [1.29, 1.82) is 0 Å². The molecule has 5 nitrogen and oxygen atoms in total. The molecule has 0 radical (unpaired) electrons. The third-order valence-corrected chi connectivity index (χ3v) is 4.88.